The summed E-state index contributed by atoms with van der Waals surface area (Å²) >= 11 is 1.58. The van der Waals surface area contributed by atoms with Crippen LogP contribution in [0.5, 0.6) is 0 Å². The quantitative estimate of drug-likeness (QED) is 0.267. The first kappa shape index (κ1) is 29.9. The number of carbonyl (C=O) groups excluding carboxylic acids is 1. The van der Waals surface area contributed by atoms with E-state index in [9.17, 15) is 18.5 Å². The van der Waals surface area contributed by atoms with Crippen LogP contribution in [-0.4, -0.2) is 50.8 Å². The molecular weight excluding hydrogens is 528 g/mol. The Morgan fingerprint density at radius 2 is 1.74 bits per heavy atom. The Hall–Kier alpha value is -2.12. The van der Waals surface area contributed by atoms with E-state index in [4.69, 9.17) is 0 Å². The lowest BCUT2D eigenvalue weighted by Gasteiger charge is -2.37. The summed E-state index contributed by atoms with van der Waals surface area (Å²) in [4.78, 5) is 16.5. The first-order chi connectivity index (χ1) is 18.7. The molecular formula is C30H42N4O3S2. The first-order valence-electron chi connectivity index (χ1n) is 14.3. The van der Waals surface area contributed by atoms with Gasteiger partial charge in [0.15, 0.2) is 0 Å². The number of nitrogens with zero attached hydrogens (tertiary/aromatic N) is 2. The molecule has 0 aromatic heterocycles. The molecule has 9 heteroatoms. The minimum Gasteiger partial charge on any atom is -0.346 e. The van der Waals surface area contributed by atoms with Crippen molar-refractivity contribution in [1.82, 2.24) is 14.9 Å². The SMILES string of the molecule is C=C(C#N)C1=C(SCNC(=O)Cc2ccc(S(=O)(=O)NCC3CCCC3)cc2)CC(C)N(CC2CCCC2)C1. The van der Waals surface area contributed by atoms with Crippen molar-refractivity contribution in [2.45, 2.75) is 82.1 Å². The van der Waals surface area contributed by atoms with Crippen molar-refractivity contribution in [1.29, 1.82) is 5.26 Å². The molecule has 0 saturated heterocycles. The smallest absolute Gasteiger partial charge is 0.240 e. The van der Waals surface area contributed by atoms with Crippen molar-refractivity contribution >= 4 is 27.7 Å². The van der Waals surface area contributed by atoms with Gasteiger partial charge in [0.25, 0.3) is 0 Å². The molecule has 1 aromatic carbocycles. The van der Waals surface area contributed by atoms with E-state index in [1.165, 1.54) is 38.5 Å². The lowest BCUT2D eigenvalue weighted by molar-refractivity contribution is -0.120. The Morgan fingerprint density at radius 3 is 2.38 bits per heavy atom. The summed E-state index contributed by atoms with van der Waals surface area (Å²) in [5, 5.41) is 12.5. The van der Waals surface area contributed by atoms with Gasteiger partial charge in [-0.3, -0.25) is 9.69 Å². The highest BCUT2D eigenvalue weighted by Gasteiger charge is 2.29. The van der Waals surface area contributed by atoms with Crippen LogP contribution in [-0.2, 0) is 21.2 Å². The van der Waals surface area contributed by atoms with Crippen LogP contribution in [0.15, 0.2) is 51.8 Å². The van der Waals surface area contributed by atoms with Crippen molar-refractivity contribution in [2.75, 3.05) is 25.5 Å². The second kappa shape index (κ2) is 14.0. The Labute approximate surface area is 238 Å². The van der Waals surface area contributed by atoms with Gasteiger partial charge in [-0.05, 0) is 79.0 Å². The third-order valence-corrected chi connectivity index (χ3v) is 10.9. The molecule has 2 aliphatic carbocycles. The maximum absolute atomic E-state index is 12.6. The molecule has 0 spiro atoms. The maximum Gasteiger partial charge on any atom is 0.240 e. The summed E-state index contributed by atoms with van der Waals surface area (Å²) in [5.74, 6) is 1.48. The number of sulfonamides is 1. The number of amides is 1. The van der Waals surface area contributed by atoms with Gasteiger partial charge < -0.3 is 5.32 Å². The molecule has 0 radical (unpaired) electrons. The predicted octanol–water partition coefficient (Wildman–Crippen LogP) is 5.12. The summed E-state index contributed by atoms with van der Waals surface area (Å²) in [6.07, 6.45) is 10.8. The third-order valence-electron chi connectivity index (χ3n) is 8.42. The molecule has 1 aromatic rings. The van der Waals surface area contributed by atoms with E-state index >= 15 is 0 Å². The Balaban J connectivity index is 1.27. The van der Waals surface area contributed by atoms with Crippen LogP contribution >= 0.6 is 11.8 Å². The average molecular weight is 571 g/mol. The van der Waals surface area contributed by atoms with Crippen molar-refractivity contribution in [3.63, 3.8) is 0 Å². The Morgan fingerprint density at radius 1 is 1.10 bits per heavy atom. The standard InChI is InChI=1S/C30H42N4O3S2/c1-22(17-31)28-20-34(19-26-9-5-6-10-26)23(2)15-29(28)38-21-32-30(35)16-24-11-13-27(14-12-24)39(36,37)33-18-25-7-3-4-8-25/h11-14,23,25-26,33H,1,3-10,15-16,18-21H2,2H3,(H,32,35). The number of hydrogen-bond donors (Lipinski definition) is 2. The van der Waals surface area contributed by atoms with Gasteiger partial charge in [-0.2, -0.15) is 5.26 Å². The summed E-state index contributed by atoms with van der Waals surface area (Å²) in [5.41, 5.74) is 2.28. The fourth-order valence-electron chi connectivity index (χ4n) is 5.98. The second-order valence-electron chi connectivity index (χ2n) is 11.3. The number of benzene rings is 1. The van der Waals surface area contributed by atoms with E-state index in [0.717, 1.165) is 54.3 Å². The molecule has 3 aliphatic rings. The molecule has 1 aliphatic heterocycles. The molecule has 2 saturated carbocycles. The molecule has 1 heterocycles. The van der Waals surface area contributed by atoms with E-state index in [1.807, 2.05) is 0 Å². The molecule has 1 atom stereocenters. The Bertz CT molecular complexity index is 1190. The van der Waals surface area contributed by atoms with E-state index in [-0.39, 0.29) is 17.2 Å². The molecule has 1 amide bonds. The van der Waals surface area contributed by atoms with Crippen molar-refractivity contribution in [2.24, 2.45) is 11.8 Å². The Kier molecular flexibility index (Phi) is 10.7. The largest absolute Gasteiger partial charge is 0.346 e. The van der Waals surface area contributed by atoms with Gasteiger partial charge in [0, 0.05) is 25.7 Å². The van der Waals surface area contributed by atoms with Gasteiger partial charge in [0.05, 0.1) is 28.8 Å². The van der Waals surface area contributed by atoms with Crippen LogP contribution in [0.4, 0.5) is 0 Å². The first-order valence-corrected chi connectivity index (χ1v) is 16.8. The van der Waals surface area contributed by atoms with Crippen LogP contribution in [0, 0.1) is 23.2 Å². The number of thioether (sulfide) groups is 1. The molecule has 1 unspecified atom stereocenters. The van der Waals surface area contributed by atoms with Crippen LogP contribution in [0.1, 0.15) is 70.3 Å². The van der Waals surface area contributed by atoms with Crippen LogP contribution < -0.4 is 10.0 Å². The third kappa shape index (κ3) is 8.43. The molecule has 4 rings (SSSR count). The number of rotatable bonds is 12. The van der Waals surface area contributed by atoms with E-state index < -0.39 is 10.0 Å². The fourth-order valence-corrected chi connectivity index (χ4v) is 8.22. The number of hydrogen-bond acceptors (Lipinski definition) is 6. The van der Waals surface area contributed by atoms with E-state index in [1.54, 1.807) is 36.0 Å². The van der Waals surface area contributed by atoms with Gasteiger partial charge in [-0.25, -0.2) is 13.1 Å². The highest BCUT2D eigenvalue weighted by molar-refractivity contribution is 8.03. The minimum absolute atomic E-state index is 0.120. The fraction of sp³-hybridized carbons (Fsp3) is 0.600. The van der Waals surface area contributed by atoms with E-state index in [0.29, 0.717) is 30.0 Å². The minimum atomic E-state index is -3.54. The number of carbonyl (C=O) groups is 1. The lowest BCUT2D eigenvalue weighted by atomic mass is 9.96. The van der Waals surface area contributed by atoms with Gasteiger partial charge in [-0.15, -0.1) is 11.8 Å². The highest BCUT2D eigenvalue weighted by atomic mass is 32.2. The topological polar surface area (TPSA) is 102 Å². The monoisotopic (exact) mass is 570 g/mol. The van der Waals surface area contributed by atoms with Crippen LogP contribution in [0.2, 0.25) is 0 Å². The van der Waals surface area contributed by atoms with Crippen LogP contribution in [0.25, 0.3) is 0 Å². The van der Waals surface area contributed by atoms with Gasteiger partial charge in [0.1, 0.15) is 0 Å². The summed E-state index contributed by atoms with van der Waals surface area (Å²) in [6, 6.07) is 9.17. The average Bonchev–Trinajstić information content (AvgIpc) is 3.63. The second-order valence-corrected chi connectivity index (χ2v) is 14.2. The van der Waals surface area contributed by atoms with Crippen molar-refractivity contribution in [3.05, 3.63) is 52.5 Å². The molecule has 39 heavy (non-hydrogen) atoms. The normalized spacial score (nSPS) is 21.3. The summed E-state index contributed by atoms with van der Waals surface area (Å²) in [6.45, 7) is 8.55. The lowest BCUT2D eigenvalue weighted by Crippen LogP contribution is -2.41. The number of nitriles is 1. The van der Waals surface area contributed by atoms with Crippen molar-refractivity contribution < 1.29 is 13.2 Å². The highest BCUT2D eigenvalue weighted by Crippen LogP contribution is 2.36. The summed E-state index contributed by atoms with van der Waals surface area (Å²) in [7, 11) is -3.54. The zero-order chi connectivity index (χ0) is 27.8. The van der Waals surface area contributed by atoms with E-state index in [2.05, 4.69) is 34.5 Å². The molecule has 212 valence electrons. The van der Waals surface area contributed by atoms with Gasteiger partial charge in [0.2, 0.25) is 15.9 Å². The predicted molar refractivity (Wildman–Crippen MR) is 157 cm³/mol. The summed E-state index contributed by atoms with van der Waals surface area (Å²) < 4.78 is 28.0. The molecule has 0 bridgehead atoms. The molecule has 2 fully saturated rings. The van der Waals surface area contributed by atoms with Crippen LogP contribution in [0.3, 0.4) is 0 Å². The van der Waals surface area contributed by atoms with Gasteiger partial charge in [-0.1, -0.05) is 44.4 Å². The zero-order valence-electron chi connectivity index (χ0n) is 23.1. The van der Waals surface area contributed by atoms with Gasteiger partial charge >= 0.3 is 0 Å². The zero-order valence-corrected chi connectivity index (χ0v) is 24.7. The molecule has 2 N–H and O–H groups in total. The maximum atomic E-state index is 12.6. The van der Waals surface area contributed by atoms with Crippen molar-refractivity contribution in [3.8, 4) is 6.07 Å². The number of nitrogens with one attached hydrogen (secondary N) is 2. The molecule has 7 nitrogen and oxygen atoms in total.